The summed E-state index contributed by atoms with van der Waals surface area (Å²) in [5.74, 6) is 3.19. The zero-order valence-electron chi connectivity index (χ0n) is 25.0. The molecular weight excluding hydrogens is 506 g/mol. The average Bonchev–Trinajstić information content (AvgIpc) is 3.51. The lowest BCUT2D eigenvalue weighted by molar-refractivity contribution is -0.129. The highest BCUT2D eigenvalue weighted by Crippen LogP contribution is 2.66. The van der Waals surface area contributed by atoms with Crippen molar-refractivity contribution in [1.82, 2.24) is 10.2 Å². The Morgan fingerprint density at radius 3 is 2.70 bits per heavy atom. The van der Waals surface area contributed by atoms with Gasteiger partial charge in [-0.1, -0.05) is 31.5 Å². The number of amides is 1. The number of nitrogens with zero attached hydrogens (tertiary/aromatic N) is 2. The fraction of sp³-hybridized carbons (Fsp3) is 0.812. The van der Waals surface area contributed by atoms with Crippen molar-refractivity contribution in [2.45, 2.75) is 97.9 Å². The summed E-state index contributed by atoms with van der Waals surface area (Å²) in [4.78, 5) is 43.1. The summed E-state index contributed by atoms with van der Waals surface area (Å²) in [5, 5.41) is 7.94. The lowest BCUT2D eigenvalue weighted by atomic mass is 9.46. The molecule has 0 aromatic rings. The number of allylic oxidation sites excluding steroid dienone is 1. The van der Waals surface area contributed by atoms with Gasteiger partial charge in [-0.2, -0.15) is 0 Å². The number of carbonyl (C=O) groups is 3. The highest BCUT2D eigenvalue weighted by atomic mass is 16.7. The molecule has 40 heavy (non-hydrogen) atoms. The van der Waals surface area contributed by atoms with Gasteiger partial charge in [0.05, 0.1) is 12.3 Å². The summed E-state index contributed by atoms with van der Waals surface area (Å²) in [5.41, 5.74) is 2.66. The van der Waals surface area contributed by atoms with Crippen molar-refractivity contribution in [2.24, 2.45) is 45.6 Å². The normalized spacial score (nSPS) is 39.0. The van der Waals surface area contributed by atoms with Gasteiger partial charge in [0, 0.05) is 24.9 Å². The lowest BCUT2D eigenvalue weighted by Gasteiger charge is -2.58. The molecule has 2 unspecified atom stereocenters. The molecule has 4 aliphatic carbocycles. The number of hydrogen-bond acceptors (Lipinski definition) is 7. The van der Waals surface area contributed by atoms with Crippen LogP contribution in [0.2, 0.25) is 0 Å². The monoisotopic (exact) mass is 555 g/mol. The minimum absolute atomic E-state index is 0.143. The predicted molar refractivity (Wildman–Crippen MR) is 154 cm³/mol. The molecule has 1 amide bonds. The van der Waals surface area contributed by atoms with Crippen molar-refractivity contribution in [3.05, 3.63) is 11.6 Å². The Morgan fingerprint density at radius 1 is 1.12 bits per heavy atom. The number of ether oxygens (including phenoxy) is 1. The van der Waals surface area contributed by atoms with E-state index in [2.05, 4.69) is 31.2 Å². The highest BCUT2D eigenvalue weighted by Gasteiger charge is 2.59. The topological polar surface area (TPSA) is 97.3 Å². The second-order valence-electron chi connectivity index (χ2n) is 13.8. The van der Waals surface area contributed by atoms with Crippen molar-refractivity contribution in [2.75, 3.05) is 26.2 Å². The van der Waals surface area contributed by atoms with E-state index in [-0.39, 0.29) is 17.4 Å². The average molecular weight is 556 g/mol. The Hall–Kier alpha value is -2.22. The third kappa shape index (κ3) is 5.49. The molecule has 8 nitrogen and oxygen atoms in total. The van der Waals surface area contributed by atoms with E-state index in [1.165, 1.54) is 24.8 Å². The van der Waals surface area contributed by atoms with Crippen LogP contribution in [0.15, 0.2) is 16.8 Å². The zero-order valence-corrected chi connectivity index (χ0v) is 25.0. The highest BCUT2D eigenvalue weighted by molar-refractivity contribution is 5.91. The van der Waals surface area contributed by atoms with Gasteiger partial charge in [-0.15, -0.1) is 0 Å². The summed E-state index contributed by atoms with van der Waals surface area (Å²) >= 11 is 0. The largest absolute Gasteiger partial charge is 0.466 e. The molecule has 0 radical (unpaired) electrons. The van der Waals surface area contributed by atoms with Crippen LogP contribution in [0, 0.1) is 40.4 Å². The van der Waals surface area contributed by atoms with Crippen LogP contribution in [0.1, 0.15) is 91.9 Å². The first kappa shape index (κ1) is 29.3. The summed E-state index contributed by atoms with van der Waals surface area (Å²) < 4.78 is 4.87. The van der Waals surface area contributed by atoms with Gasteiger partial charge in [-0.05, 0) is 112 Å². The van der Waals surface area contributed by atoms with Gasteiger partial charge in [0.15, 0.2) is 5.78 Å². The molecule has 4 fully saturated rings. The van der Waals surface area contributed by atoms with Crippen molar-refractivity contribution in [1.29, 1.82) is 0 Å². The van der Waals surface area contributed by atoms with Crippen LogP contribution in [0.25, 0.3) is 0 Å². The smallest absolute Gasteiger partial charge is 0.436 e. The van der Waals surface area contributed by atoms with Gasteiger partial charge in [0.2, 0.25) is 0 Å². The van der Waals surface area contributed by atoms with Crippen molar-refractivity contribution in [3.8, 4) is 0 Å². The van der Waals surface area contributed by atoms with E-state index in [9.17, 15) is 14.4 Å². The second-order valence-corrected chi connectivity index (χ2v) is 13.8. The minimum atomic E-state index is -0.478. The molecule has 1 aliphatic heterocycles. The number of carbonyl (C=O) groups excluding carboxylic acids is 3. The van der Waals surface area contributed by atoms with Crippen LogP contribution in [-0.2, 0) is 19.2 Å². The number of nitrogens with one attached hydrogen (secondary N) is 1. The lowest BCUT2D eigenvalue weighted by Crippen LogP contribution is -2.51. The number of hydrogen-bond donors (Lipinski definition) is 1. The number of ketones is 1. The minimum Gasteiger partial charge on any atom is -0.466 e. The van der Waals surface area contributed by atoms with E-state index < -0.39 is 6.09 Å². The first-order valence-corrected chi connectivity index (χ1v) is 15.7. The molecule has 0 aromatic heterocycles. The molecule has 0 bridgehead atoms. The fourth-order valence-electron chi connectivity index (χ4n) is 9.56. The fourth-order valence-corrected chi connectivity index (χ4v) is 9.56. The van der Waals surface area contributed by atoms with Crippen molar-refractivity contribution in [3.63, 3.8) is 0 Å². The van der Waals surface area contributed by atoms with E-state index in [0.717, 1.165) is 50.8 Å². The van der Waals surface area contributed by atoms with Crippen LogP contribution in [0.4, 0.5) is 4.79 Å². The van der Waals surface area contributed by atoms with Gasteiger partial charge in [-0.3, -0.25) is 14.4 Å². The molecule has 1 saturated heterocycles. The molecule has 0 spiro atoms. The predicted octanol–water partition coefficient (Wildman–Crippen LogP) is 5.51. The van der Waals surface area contributed by atoms with E-state index in [0.29, 0.717) is 67.4 Å². The van der Waals surface area contributed by atoms with Gasteiger partial charge in [0.25, 0.3) is 6.47 Å². The molecule has 8 heteroatoms. The van der Waals surface area contributed by atoms with E-state index in [4.69, 9.17) is 9.57 Å². The summed E-state index contributed by atoms with van der Waals surface area (Å²) in [7, 11) is 0. The summed E-state index contributed by atoms with van der Waals surface area (Å²) in [6.07, 6.45) is 12.0. The SMILES string of the molecule is C/C(=N\OC(=O)N(CCOC=O)CCC1NCCC1C)[C@H]1CC[C@H]2[C@@H]3CCC4=CC(=O)CC[C@]4(C)[C@H]3CC[C@]12C. The maximum absolute atomic E-state index is 13.1. The quantitative estimate of drug-likeness (QED) is 0.132. The van der Waals surface area contributed by atoms with Crippen molar-refractivity contribution < 1.29 is 24.0 Å². The van der Waals surface area contributed by atoms with Crippen LogP contribution in [-0.4, -0.2) is 61.2 Å². The first-order chi connectivity index (χ1) is 19.2. The molecule has 0 aromatic carbocycles. The molecule has 5 aliphatic rings. The number of rotatable bonds is 9. The standard InChI is InChI=1S/C32H49N3O5/c1-21-11-15-33-29(21)12-16-35(17-18-39-20-36)30(38)40-34-22(2)26-7-8-27-25-6-5-23-19-24(37)9-13-31(23,3)28(25)10-14-32(26,27)4/h19-21,25-29,33H,5-18H2,1-4H3/b34-22+/t21?,25-,26+,27-,28-,29?,31-,32+/m0/s1. The maximum Gasteiger partial charge on any atom is 0.436 e. The first-order valence-electron chi connectivity index (χ1n) is 15.7. The Balaban J connectivity index is 1.23. The molecule has 222 valence electrons. The molecule has 1 heterocycles. The molecule has 5 rings (SSSR count). The van der Waals surface area contributed by atoms with Gasteiger partial charge < -0.3 is 15.0 Å². The molecule has 1 N–H and O–H groups in total. The van der Waals surface area contributed by atoms with E-state index in [1.807, 2.05) is 13.0 Å². The number of oxime groups is 1. The van der Waals surface area contributed by atoms with Crippen LogP contribution in [0.3, 0.4) is 0 Å². The summed E-state index contributed by atoms with van der Waals surface area (Å²) in [6, 6.07) is 0.376. The Kier molecular flexibility index (Phi) is 8.74. The molecular formula is C32H49N3O5. The van der Waals surface area contributed by atoms with Crippen LogP contribution in [0.5, 0.6) is 0 Å². The Bertz CT molecular complexity index is 1040. The van der Waals surface area contributed by atoms with Crippen LogP contribution >= 0.6 is 0 Å². The zero-order chi connectivity index (χ0) is 28.5. The molecule has 3 saturated carbocycles. The van der Waals surface area contributed by atoms with Crippen LogP contribution < -0.4 is 5.32 Å². The summed E-state index contributed by atoms with van der Waals surface area (Å²) in [6.45, 7) is 11.5. The Labute approximate surface area is 239 Å². The molecule has 8 atom stereocenters. The van der Waals surface area contributed by atoms with Gasteiger partial charge in [-0.25, -0.2) is 4.79 Å². The third-order valence-corrected chi connectivity index (χ3v) is 11.9. The Morgan fingerprint density at radius 2 is 1.95 bits per heavy atom. The maximum atomic E-state index is 13.1. The second kappa shape index (κ2) is 11.9. The van der Waals surface area contributed by atoms with Crippen molar-refractivity contribution >= 4 is 24.1 Å². The van der Waals surface area contributed by atoms with Gasteiger partial charge in [0.1, 0.15) is 6.61 Å². The van der Waals surface area contributed by atoms with Gasteiger partial charge >= 0.3 is 6.09 Å². The number of fused-ring (bicyclic) bond motifs is 5. The van der Waals surface area contributed by atoms with E-state index >= 15 is 0 Å². The van der Waals surface area contributed by atoms with E-state index in [1.54, 1.807) is 4.90 Å². The third-order valence-electron chi connectivity index (χ3n) is 11.9.